The fourth-order valence-electron chi connectivity index (χ4n) is 3.67. The number of fused-ring (bicyclic) bond motifs is 3. The lowest BCUT2D eigenvalue weighted by molar-refractivity contribution is -0.139. The maximum absolute atomic E-state index is 12.9. The first kappa shape index (κ1) is 18.8. The molecule has 1 aromatic rings. The summed E-state index contributed by atoms with van der Waals surface area (Å²) in [5.41, 5.74) is 2.31. The van der Waals surface area contributed by atoms with Crippen molar-refractivity contribution in [3.63, 3.8) is 0 Å². The van der Waals surface area contributed by atoms with Gasteiger partial charge in [-0.3, -0.25) is 20.3 Å². The van der Waals surface area contributed by atoms with Gasteiger partial charge in [-0.15, -0.1) is 0 Å². The van der Waals surface area contributed by atoms with E-state index in [1.54, 1.807) is 18.2 Å². The highest BCUT2D eigenvalue weighted by Gasteiger charge is 2.53. The highest BCUT2D eigenvalue weighted by Crippen LogP contribution is 2.42. The minimum atomic E-state index is -1.53. The molecular formula is C17H21N5O5. The molecule has 1 unspecified atom stereocenters. The number of hydrazine groups is 1. The summed E-state index contributed by atoms with van der Waals surface area (Å²) in [7, 11) is 1.38. The zero-order chi connectivity index (χ0) is 19.6. The van der Waals surface area contributed by atoms with E-state index < -0.39 is 29.3 Å². The number of nitrogens with one attached hydrogen (secondary N) is 3. The number of nitrogen functional groups attached to an aromatic ring is 1. The molecule has 0 spiro atoms. The first-order valence-corrected chi connectivity index (χ1v) is 8.44. The molecule has 27 heavy (non-hydrogen) atoms. The summed E-state index contributed by atoms with van der Waals surface area (Å²) in [5, 5.41) is 4.50. The highest BCUT2D eigenvalue weighted by molar-refractivity contribution is 6.06. The average Bonchev–Trinajstić information content (AvgIpc) is 2.71. The Bertz CT molecular complexity index is 798. The number of amides is 4. The van der Waals surface area contributed by atoms with Crippen LogP contribution in [0.5, 0.6) is 0 Å². The third kappa shape index (κ3) is 3.13. The smallest absolute Gasteiger partial charge is 0.321 e. The summed E-state index contributed by atoms with van der Waals surface area (Å²) in [6.07, 6.45) is 0.598. The quantitative estimate of drug-likeness (QED) is 0.169. The Labute approximate surface area is 155 Å². The van der Waals surface area contributed by atoms with Crippen molar-refractivity contribution in [2.24, 2.45) is 11.3 Å². The van der Waals surface area contributed by atoms with Gasteiger partial charge in [-0.2, -0.15) is 0 Å². The number of hydrogen-bond donors (Lipinski definition) is 4. The van der Waals surface area contributed by atoms with E-state index in [1.165, 1.54) is 7.05 Å². The summed E-state index contributed by atoms with van der Waals surface area (Å²) < 4.78 is 5.51. The number of morpholine rings is 1. The Balaban J connectivity index is 2.07. The van der Waals surface area contributed by atoms with Gasteiger partial charge in [-0.25, -0.2) is 10.6 Å². The van der Waals surface area contributed by atoms with E-state index in [4.69, 9.17) is 10.6 Å². The predicted molar refractivity (Wildman–Crippen MR) is 94.8 cm³/mol. The molecule has 1 aromatic carbocycles. The van der Waals surface area contributed by atoms with Crippen molar-refractivity contribution in [2.45, 2.75) is 12.5 Å². The summed E-state index contributed by atoms with van der Waals surface area (Å²) in [4.78, 5) is 50.5. The van der Waals surface area contributed by atoms with Crippen LogP contribution < -0.4 is 26.8 Å². The minimum absolute atomic E-state index is 0.0326. The Morgan fingerprint density at radius 2 is 2.15 bits per heavy atom. The molecule has 0 saturated carbocycles. The lowest BCUT2D eigenvalue weighted by Gasteiger charge is -2.49. The van der Waals surface area contributed by atoms with E-state index in [-0.39, 0.29) is 13.0 Å². The molecule has 3 rings (SSSR count). The second kappa shape index (κ2) is 7.33. The molecule has 10 heteroatoms. The summed E-state index contributed by atoms with van der Waals surface area (Å²) >= 11 is 0. The zero-order valence-electron chi connectivity index (χ0n) is 14.8. The van der Waals surface area contributed by atoms with Crippen LogP contribution >= 0.6 is 0 Å². The van der Waals surface area contributed by atoms with Crippen LogP contribution in [0.4, 0.5) is 10.5 Å². The largest absolute Gasteiger partial charge is 0.377 e. The number of ether oxygens (including phenoxy) is 1. The van der Waals surface area contributed by atoms with Crippen LogP contribution in [0.2, 0.25) is 0 Å². The van der Waals surface area contributed by atoms with Crippen molar-refractivity contribution in [1.29, 1.82) is 0 Å². The van der Waals surface area contributed by atoms with E-state index in [1.807, 2.05) is 4.90 Å². The van der Waals surface area contributed by atoms with Crippen LogP contribution in [0.15, 0.2) is 18.2 Å². The maximum Gasteiger partial charge on any atom is 0.321 e. The number of nitrogens with zero attached hydrogens (tertiary/aromatic N) is 1. The molecule has 0 aromatic heterocycles. The Kier molecular flexibility index (Phi) is 5.10. The van der Waals surface area contributed by atoms with Crippen LogP contribution in [0.3, 0.4) is 0 Å². The van der Waals surface area contributed by atoms with Crippen LogP contribution in [0.25, 0.3) is 0 Å². The fraction of sp³-hybridized carbons (Fsp3) is 0.412. The molecule has 4 amide bonds. The monoisotopic (exact) mass is 375 g/mol. The van der Waals surface area contributed by atoms with Gasteiger partial charge >= 0.3 is 6.03 Å². The van der Waals surface area contributed by atoms with Gasteiger partial charge in [0.05, 0.1) is 19.3 Å². The van der Waals surface area contributed by atoms with Gasteiger partial charge < -0.3 is 19.7 Å². The highest BCUT2D eigenvalue weighted by atomic mass is 16.5. The van der Waals surface area contributed by atoms with Crippen LogP contribution in [0.1, 0.15) is 15.9 Å². The normalized spacial score (nSPS) is 23.5. The molecule has 0 radical (unpaired) electrons. The van der Waals surface area contributed by atoms with Crippen molar-refractivity contribution in [2.75, 3.05) is 31.7 Å². The van der Waals surface area contributed by atoms with E-state index in [0.29, 0.717) is 30.6 Å². The van der Waals surface area contributed by atoms with Crippen LogP contribution in [0, 0.1) is 5.41 Å². The fourth-order valence-corrected chi connectivity index (χ4v) is 3.67. The average molecular weight is 375 g/mol. The molecule has 2 aliphatic heterocycles. The molecule has 1 saturated heterocycles. The number of hydrogen-bond acceptors (Lipinski definition) is 7. The number of anilines is 1. The number of rotatable bonds is 3. The first-order chi connectivity index (χ1) is 13.0. The van der Waals surface area contributed by atoms with Crippen molar-refractivity contribution < 1.29 is 23.9 Å². The Morgan fingerprint density at radius 1 is 1.37 bits per heavy atom. The van der Waals surface area contributed by atoms with E-state index in [9.17, 15) is 19.2 Å². The van der Waals surface area contributed by atoms with E-state index >= 15 is 0 Å². The van der Waals surface area contributed by atoms with Gasteiger partial charge in [0.2, 0.25) is 5.91 Å². The summed E-state index contributed by atoms with van der Waals surface area (Å²) in [6.45, 7) is 1.08. The predicted octanol–water partition coefficient (Wildman–Crippen LogP) is -1.31. The number of nitrogens with two attached hydrogens (primary N) is 1. The number of carbonyl (C=O) groups is 4. The van der Waals surface area contributed by atoms with Gasteiger partial charge in [0.15, 0.2) is 0 Å². The Morgan fingerprint density at radius 3 is 2.81 bits per heavy atom. The van der Waals surface area contributed by atoms with Gasteiger partial charge in [-0.1, -0.05) is 0 Å². The molecule has 2 atom stereocenters. The van der Waals surface area contributed by atoms with Gasteiger partial charge in [0.25, 0.3) is 5.91 Å². The Hall–Kier alpha value is -2.98. The minimum Gasteiger partial charge on any atom is -0.377 e. The third-order valence-corrected chi connectivity index (χ3v) is 5.08. The maximum atomic E-state index is 12.9. The van der Waals surface area contributed by atoms with Crippen molar-refractivity contribution >= 4 is 29.8 Å². The van der Waals surface area contributed by atoms with E-state index in [2.05, 4.69) is 16.1 Å². The molecule has 0 bridgehead atoms. The molecule has 2 aliphatic rings. The molecule has 2 heterocycles. The zero-order valence-corrected chi connectivity index (χ0v) is 14.8. The number of carbonyl (C=O) groups excluding carboxylic acids is 4. The van der Waals surface area contributed by atoms with E-state index in [0.717, 1.165) is 5.69 Å². The van der Waals surface area contributed by atoms with Gasteiger partial charge in [-0.05, 0) is 30.2 Å². The standard InChI is InChI=1S/C17H21N5O5/c1-19-16(26)20-15(25)17(9-23)7-11-6-10(14(24)21-18)2-3-12(11)22-4-5-27-8-13(17)22/h2-3,6,9,13H,4-5,7-8,18H2,1H3,(H,21,24)(H2,19,20,25,26)/t13?,17-/m0/s1. The second-order valence-electron chi connectivity index (χ2n) is 6.47. The number of benzene rings is 1. The number of aldehydes is 1. The molecule has 10 nitrogen and oxygen atoms in total. The SMILES string of the molecule is CNC(=O)NC(=O)[C@]1(C=O)Cc2cc(C(=O)NN)ccc2N2CCOCC21. The molecular weight excluding hydrogens is 354 g/mol. The molecule has 144 valence electrons. The number of urea groups is 1. The third-order valence-electron chi connectivity index (χ3n) is 5.08. The number of imide groups is 1. The molecule has 1 fully saturated rings. The van der Waals surface area contributed by atoms with Gasteiger partial charge in [0, 0.05) is 24.8 Å². The lowest BCUT2D eigenvalue weighted by atomic mass is 9.71. The lowest BCUT2D eigenvalue weighted by Crippen LogP contribution is -2.65. The van der Waals surface area contributed by atoms with Crippen molar-refractivity contribution in [3.05, 3.63) is 29.3 Å². The van der Waals surface area contributed by atoms with Gasteiger partial charge in [0.1, 0.15) is 11.7 Å². The summed E-state index contributed by atoms with van der Waals surface area (Å²) in [5.74, 6) is 4.00. The summed E-state index contributed by atoms with van der Waals surface area (Å²) in [6, 6.07) is 3.74. The second-order valence-corrected chi connectivity index (χ2v) is 6.47. The molecule has 0 aliphatic carbocycles. The van der Waals surface area contributed by atoms with Crippen LogP contribution in [-0.2, 0) is 20.7 Å². The first-order valence-electron chi connectivity index (χ1n) is 8.44. The van der Waals surface area contributed by atoms with Crippen LogP contribution in [-0.4, -0.2) is 57.0 Å². The van der Waals surface area contributed by atoms with Crippen molar-refractivity contribution in [3.8, 4) is 0 Å². The molecule has 5 N–H and O–H groups in total. The topological polar surface area (TPSA) is 143 Å². The van der Waals surface area contributed by atoms with Crippen molar-refractivity contribution in [1.82, 2.24) is 16.1 Å².